The Morgan fingerprint density at radius 2 is 1.77 bits per heavy atom. The number of carbonyl (C=O) groups is 1. The summed E-state index contributed by atoms with van der Waals surface area (Å²) in [5, 5.41) is 4.11. The molecule has 22 heavy (non-hydrogen) atoms. The number of carbonyl (C=O) groups excluding carboxylic acids is 1. The summed E-state index contributed by atoms with van der Waals surface area (Å²) in [6, 6.07) is 18.3. The maximum Gasteiger partial charge on any atom is 0.268 e. The molecule has 0 saturated heterocycles. The van der Waals surface area contributed by atoms with E-state index in [-0.39, 0.29) is 5.91 Å². The van der Waals surface area contributed by atoms with Crippen LogP contribution in [0.4, 0.5) is 0 Å². The van der Waals surface area contributed by atoms with Gasteiger partial charge in [0, 0.05) is 17.4 Å². The minimum absolute atomic E-state index is 0.0261. The molecular weight excluding hydrogens is 272 g/mol. The van der Waals surface area contributed by atoms with Gasteiger partial charge in [0.2, 0.25) is 0 Å². The van der Waals surface area contributed by atoms with Gasteiger partial charge in [-0.1, -0.05) is 48.5 Å². The first kappa shape index (κ1) is 14.4. The molecule has 0 atom stereocenters. The fourth-order valence-electron chi connectivity index (χ4n) is 2.74. The number of fused-ring (bicyclic) bond motifs is 1. The van der Waals surface area contributed by atoms with Crippen molar-refractivity contribution in [3.63, 3.8) is 0 Å². The van der Waals surface area contributed by atoms with Crippen molar-refractivity contribution in [1.82, 2.24) is 10.3 Å². The molecule has 1 aromatic heterocycles. The zero-order valence-corrected chi connectivity index (χ0v) is 12.7. The topological polar surface area (TPSA) is 44.9 Å². The fourth-order valence-corrected chi connectivity index (χ4v) is 2.74. The van der Waals surface area contributed by atoms with E-state index >= 15 is 0 Å². The molecule has 0 aliphatic rings. The smallest absolute Gasteiger partial charge is 0.268 e. The van der Waals surface area contributed by atoms with Crippen LogP contribution in [0.3, 0.4) is 0 Å². The Morgan fingerprint density at radius 3 is 2.55 bits per heavy atom. The molecule has 0 unspecified atom stereocenters. The van der Waals surface area contributed by atoms with Gasteiger partial charge in [-0.15, -0.1) is 0 Å². The Kier molecular flexibility index (Phi) is 4.24. The Balaban J connectivity index is 1.58. The van der Waals surface area contributed by atoms with Gasteiger partial charge in [0.05, 0.1) is 0 Å². The predicted molar refractivity (Wildman–Crippen MR) is 90.1 cm³/mol. The molecule has 0 spiro atoms. The van der Waals surface area contributed by atoms with Crippen molar-refractivity contribution in [2.45, 2.75) is 19.8 Å². The number of benzene rings is 2. The Labute approximate surface area is 130 Å². The van der Waals surface area contributed by atoms with Gasteiger partial charge in [0.25, 0.3) is 5.91 Å². The van der Waals surface area contributed by atoms with Crippen LogP contribution in [0.25, 0.3) is 10.9 Å². The molecule has 3 aromatic rings. The average molecular weight is 292 g/mol. The highest BCUT2D eigenvalue weighted by Crippen LogP contribution is 2.21. The largest absolute Gasteiger partial charge is 0.351 e. The first-order chi connectivity index (χ1) is 10.8. The van der Waals surface area contributed by atoms with Gasteiger partial charge in [-0.25, -0.2) is 0 Å². The molecule has 0 radical (unpaired) electrons. The van der Waals surface area contributed by atoms with E-state index in [2.05, 4.69) is 22.4 Å². The van der Waals surface area contributed by atoms with Crippen molar-refractivity contribution < 1.29 is 4.79 Å². The van der Waals surface area contributed by atoms with Crippen LogP contribution in [0.15, 0.2) is 54.6 Å². The van der Waals surface area contributed by atoms with Gasteiger partial charge in [0.1, 0.15) is 5.69 Å². The first-order valence-electron chi connectivity index (χ1n) is 7.65. The molecule has 0 saturated carbocycles. The Bertz CT molecular complexity index is 774. The van der Waals surface area contributed by atoms with Crippen molar-refractivity contribution in [2.24, 2.45) is 0 Å². The summed E-state index contributed by atoms with van der Waals surface area (Å²) in [7, 11) is 0. The highest BCUT2D eigenvalue weighted by atomic mass is 16.1. The Hall–Kier alpha value is -2.55. The van der Waals surface area contributed by atoms with E-state index in [1.54, 1.807) is 0 Å². The van der Waals surface area contributed by atoms with Gasteiger partial charge in [-0.05, 0) is 37.0 Å². The number of aryl methyl sites for hydroxylation is 2. The second kappa shape index (κ2) is 6.48. The van der Waals surface area contributed by atoms with E-state index < -0.39 is 0 Å². The number of hydrogen-bond acceptors (Lipinski definition) is 1. The Morgan fingerprint density at radius 1 is 1.05 bits per heavy atom. The highest BCUT2D eigenvalue weighted by molar-refractivity contribution is 6.00. The number of aromatic nitrogens is 1. The highest BCUT2D eigenvalue weighted by Gasteiger charge is 2.13. The summed E-state index contributed by atoms with van der Waals surface area (Å²) in [6.07, 6.45) is 1.92. The third-order valence-electron chi connectivity index (χ3n) is 3.96. The number of H-pyrrole nitrogens is 1. The quantitative estimate of drug-likeness (QED) is 0.690. The van der Waals surface area contributed by atoms with Crippen molar-refractivity contribution >= 4 is 16.8 Å². The molecule has 3 heteroatoms. The maximum absolute atomic E-state index is 12.3. The minimum Gasteiger partial charge on any atom is -0.351 e. The number of aromatic amines is 1. The second-order valence-corrected chi connectivity index (χ2v) is 5.52. The monoisotopic (exact) mass is 292 g/mol. The van der Waals surface area contributed by atoms with Crippen molar-refractivity contribution in [2.75, 3.05) is 6.54 Å². The van der Waals surface area contributed by atoms with Gasteiger partial charge < -0.3 is 10.3 Å². The molecule has 2 N–H and O–H groups in total. The lowest BCUT2D eigenvalue weighted by Gasteiger charge is -2.05. The van der Waals surface area contributed by atoms with Crippen molar-refractivity contribution in [3.8, 4) is 0 Å². The average Bonchev–Trinajstić information content (AvgIpc) is 2.90. The van der Waals surface area contributed by atoms with E-state index in [9.17, 15) is 4.79 Å². The zero-order chi connectivity index (χ0) is 15.4. The molecule has 0 aliphatic heterocycles. The van der Waals surface area contributed by atoms with Crippen LogP contribution >= 0.6 is 0 Å². The van der Waals surface area contributed by atoms with Crippen molar-refractivity contribution in [3.05, 3.63) is 71.4 Å². The molecule has 1 heterocycles. The molecule has 0 aliphatic carbocycles. The third-order valence-corrected chi connectivity index (χ3v) is 3.96. The molecule has 3 rings (SSSR count). The summed E-state index contributed by atoms with van der Waals surface area (Å²) in [5.74, 6) is -0.0261. The van der Waals surface area contributed by atoms with Crippen LogP contribution in [0.5, 0.6) is 0 Å². The molecule has 0 bridgehead atoms. The number of amides is 1. The molecule has 3 nitrogen and oxygen atoms in total. The zero-order valence-electron chi connectivity index (χ0n) is 12.7. The summed E-state index contributed by atoms with van der Waals surface area (Å²) >= 11 is 0. The number of para-hydroxylation sites is 1. The van der Waals surface area contributed by atoms with Gasteiger partial charge in [-0.3, -0.25) is 4.79 Å². The van der Waals surface area contributed by atoms with Gasteiger partial charge >= 0.3 is 0 Å². The standard InChI is InChI=1S/C19H20N2O/c1-14-16-11-5-6-12-17(16)21-18(14)19(22)20-13-7-10-15-8-3-2-4-9-15/h2-6,8-9,11-12,21H,7,10,13H2,1H3,(H,20,22). The van der Waals surface area contributed by atoms with Crippen LogP contribution in [0.1, 0.15) is 28.0 Å². The number of rotatable bonds is 5. The molecule has 2 aromatic carbocycles. The molecular formula is C19H20N2O. The summed E-state index contributed by atoms with van der Waals surface area (Å²) in [4.78, 5) is 15.5. The minimum atomic E-state index is -0.0261. The van der Waals surface area contributed by atoms with Gasteiger partial charge in [-0.2, -0.15) is 0 Å². The van der Waals surface area contributed by atoms with Crippen LogP contribution < -0.4 is 5.32 Å². The number of hydrogen-bond donors (Lipinski definition) is 2. The lowest BCUT2D eigenvalue weighted by atomic mass is 10.1. The molecule has 112 valence electrons. The maximum atomic E-state index is 12.3. The van der Waals surface area contributed by atoms with E-state index in [0.717, 1.165) is 29.3 Å². The van der Waals surface area contributed by atoms with E-state index in [1.807, 2.05) is 49.4 Å². The third kappa shape index (κ3) is 3.03. The normalized spacial score (nSPS) is 10.8. The molecule has 1 amide bonds. The molecule has 0 fully saturated rings. The summed E-state index contributed by atoms with van der Waals surface area (Å²) in [6.45, 7) is 2.67. The number of nitrogens with one attached hydrogen (secondary N) is 2. The summed E-state index contributed by atoms with van der Waals surface area (Å²) in [5.41, 5.74) is 3.99. The fraction of sp³-hybridized carbons (Fsp3) is 0.211. The van der Waals surface area contributed by atoms with Crippen LogP contribution in [0, 0.1) is 6.92 Å². The first-order valence-corrected chi connectivity index (χ1v) is 7.65. The van der Waals surface area contributed by atoms with E-state index in [4.69, 9.17) is 0 Å². The lowest BCUT2D eigenvalue weighted by Crippen LogP contribution is -2.25. The van der Waals surface area contributed by atoms with Crippen LogP contribution in [-0.2, 0) is 6.42 Å². The lowest BCUT2D eigenvalue weighted by molar-refractivity contribution is 0.0948. The summed E-state index contributed by atoms with van der Waals surface area (Å²) < 4.78 is 0. The van der Waals surface area contributed by atoms with Crippen LogP contribution in [-0.4, -0.2) is 17.4 Å². The van der Waals surface area contributed by atoms with Crippen molar-refractivity contribution in [1.29, 1.82) is 0 Å². The van der Waals surface area contributed by atoms with E-state index in [1.165, 1.54) is 5.56 Å². The SMILES string of the molecule is Cc1c(C(=O)NCCCc2ccccc2)[nH]c2ccccc12. The van der Waals surface area contributed by atoms with Crippen LogP contribution in [0.2, 0.25) is 0 Å². The van der Waals surface area contributed by atoms with E-state index in [0.29, 0.717) is 12.2 Å². The van der Waals surface area contributed by atoms with Gasteiger partial charge in [0.15, 0.2) is 0 Å². The predicted octanol–water partition coefficient (Wildman–Crippen LogP) is 3.84. The second-order valence-electron chi connectivity index (χ2n) is 5.52.